The number of hydrogen-bond acceptors (Lipinski definition) is 19. The van der Waals surface area contributed by atoms with Crippen molar-refractivity contribution >= 4 is 99.7 Å². The van der Waals surface area contributed by atoms with Crippen molar-refractivity contribution in [1.29, 1.82) is 0 Å². The second-order valence-corrected chi connectivity index (χ2v) is 27.6. The molecule has 1 aromatic heterocycles. The maximum Gasteiger partial charge on any atom is 0.326 e. The number of hydrogen-bond donors (Lipinski definition) is 20. The van der Waals surface area contributed by atoms with Gasteiger partial charge in [0, 0.05) is 36.4 Å². The quantitative estimate of drug-likeness (QED) is 0.0289. The number of carbonyl (C=O) groups excluding carboxylic acids is 12. The first-order valence-corrected chi connectivity index (χ1v) is 36.8. The van der Waals surface area contributed by atoms with Crippen LogP contribution in [0.5, 0.6) is 0 Å². The Hall–Kier alpha value is -10.1. The van der Waals surface area contributed by atoms with Gasteiger partial charge in [0.15, 0.2) is 0 Å². The SMILES string of the molecule is CC[C@H](C)[C@H](NC(=O)[C@H](CCCCN)NC(=O)[C@H](CCCCN)NC(=O)[C@H](CC(C)C)NC(=O)[C@H](Cc1c[nH]c2ccccc12)NC(=O)CN)C(=O)N[C@@H](CCC(=O)O)C(=O)N[C@@H](CO)C(=O)N[C@H](C(=O)N[C@H](C(=O)N[C@@H](CC(=O)O)C(=O)N[C@@H](C)C(=O)N[C@@H](Cc1ccccc1)C(=O)O)[C@@H](C)CC)[C@@H](C)CC. The Morgan fingerprint density at radius 2 is 0.833 bits per heavy atom. The molecule has 35 heteroatoms. The Bertz CT molecular complexity index is 3500. The minimum atomic E-state index is -1.90. The van der Waals surface area contributed by atoms with Crippen molar-refractivity contribution in [3.05, 3.63) is 71.9 Å². The minimum Gasteiger partial charge on any atom is -0.481 e. The fourth-order valence-corrected chi connectivity index (χ4v) is 11.5. The number of rotatable bonds is 51. The lowest BCUT2D eigenvalue weighted by Crippen LogP contribution is -2.62. The molecule has 1 heterocycles. The zero-order valence-electron chi connectivity index (χ0n) is 63.1. The molecule has 2 aromatic carbocycles. The number of carbonyl (C=O) groups is 15. The van der Waals surface area contributed by atoms with Gasteiger partial charge in [-0.15, -0.1) is 0 Å². The number of carboxylic acid groups (broad SMARTS) is 3. The van der Waals surface area contributed by atoms with Crippen LogP contribution in [0.1, 0.15) is 157 Å². The van der Waals surface area contributed by atoms with Gasteiger partial charge in [-0.05, 0) is 112 Å². The lowest BCUT2D eigenvalue weighted by molar-refractivity contribution is -0.143. The first-order valence-electron chi connectivity index (χ1n) is 36.8. The Morgan fingerprint density at radius 3 is 1.31 bits per heavy atom. The first kappa shape index (κ1) is 92.1. The van der Waals surface area contributed by atoms with Gasteiger partial charge in [0.2, 0.25) is 70.9 Å². The standard InChI is InChI=1S/C73H114N16O19/c1-10-40(6)59(87-65(99)49(27-19-21-31-75)80-63(97)48(26-18-20-30-74)81-67(101)51(32-39(4)5)83-68(102)52(79-56(91)36-76)34-45-37-77-47-25-17-16-24-46(45)47)70(104)82-50(28-29-57(92)93)64(98)86-55(38-90)69(103)88-61(42(8)12-3)72(106)89-60(41(7)11-2)71(105)84-53(35-58(94)95)66(100)78-43(9)62(96)85-54(73(107)108)33-44-22-14-13-15-23-44/h13-17,22-25,37,39-43,48-55,59-61,77,90H,10-12,18-21,26-36,38,74-76H2,1-9H3,(H,78,100)(H,79,91)(H,80,97)(H,81,101)(H,82,104)(H,83,102)(H,84,105)(H,85,96)(H,86,98)(H,87,99)(H,88,103)(H,89,106)(H,92,93)(H,94,95)(H,107,108)/t40-,41-,42-,43-,48-,49-,50-,51-,52-,53-,54-,55-,59-,60-,61-/m0/s1. The van der Waals surface area contributed by atoms with E-state index in [0.29, 0.717) is 30.4 Å². The van der Waals surface area contributed by atoms with E-state index in [9.17, 15) is 92.3 Å². The maximum atomic E-state index is 14.6. The number of aliphatic hydroxyl groups excluding tert-OH is 1. The highest BCUT2D eigenvalue weighted by atomic mass is 16.4. The smallest absolute Gasteiger partial charge is 0.326 e. The minimum absolute atomic E-state index is 0.0154. The van der Waals surface area contributed by atoms with Crippen molar-refractivity contribution in [2.75, 3.05) is 26.2 Å². The Labute approximate surface area is 628 Å². The summed E-state index contributed by atoms with van der Waals surface area (Å²) in [4.78, 5) is 208. The van der Waals surface area contributed by atoms with E-state index in [1.54, 1.807) is 78.1 Å². The van der Waals surface area contributed by atoms with Crippen molar-refractivity contribution in [2.45, 2.75) is 231 Å². The van der Waals surface area contributed by atoms with E-state index >= 15 is 0 Å². The van der Waals surface area contributed by atoms with E-state index in [1.165, 1.54) is 6.92 Å². The molecule has 600 valence electrons. The number of nitrogens with one attached hydrogen (secondary N) is 13. The topological polar surface area (TPSA) is 575 Å². The van der Waals surface area contributed by atoms with Gasteiger partial charge in [0.1, 0.15) is 72.5 Å². The average molecular weight is 1520 g/mol. The van der Waals surface area contributed by atoms with Crippen LogP contribution in [0.15, 0.2) is 60.8 Å². The van der Waals surface area contributed by atoms with E-state index in [2.05, 4.69) is 68.8 Å². The Balaban J connectivity index is 1.88. The van der Waals surface area contributed by atoms with Gasteiger partial charge in [-0.25, -0.2) is 4.79 Å². The van der Waals surface area contributed by atoms with Gasteiger partial charge in [-0.2, -0.15) is 0 Å². The number of para-hydroxylation sites is 1. The molecule has 0 saturated carbocycles. The molecule has 3 rings (SSSR count). The number of benzene rings is 2. The molecule has 0 unspecified atom stereocenters. The number of aromatic amines is 1. The molecule has 0 aliphatic heterocycles. The third-order valence-electron chi connectivity index (χ3n) is 18.6. The molecule has 0 bridgehead atoms. The lowest BCUT2D eigenvalue weighted by atomic mass is 9.94. The zero-order valence-corrected chi connectivity index (χ0v) is 63.1. The molecule has 0 aliphatic carbocycles. The van der Waals surface area contributed by atoms with Crippen molar-refractivity contribution in [3.63, 3.8) is 0 Å². The largest absolute Gasteiger partial charge is 0.481 e. The normalized spacial score (nSPS) is 15.4. The third kappa shape index (κ3) is 31.0. The molecule has 0 spiro atoms. The molecule has 0 aliphatic rings. The monoisotopic (exact) mass is 1520 g/mol. The number of aromatic nitrogens is 1. The third-order valence-corrected chi connectivity index (χ3v) is 18.6. The second kappa shape index (κ2) is 47.5. The summed E-state index contributed by atoms with van der Waals surface area (Å²) >= 11 is 0. The van der Waals surface area contributed by atoms with E-state index in [-0.39, 0.29) is 76.8 Å². The van der Waals surface area contributed by atoms with Gasteiger partial charge >= 0.3 is 17.9 Å². The van der Waals surface area contributed by atoms with Gasteiger partial charge in [-0.1, -0.05) is 123 Å². The number of carboxylic acids is 3. The average Bonchev–Trinajstić information content (AvgIpc) is 1.55. The van der Waals surface area contributed by atoms with Crippen LogP contribution in [0.4, 0.5) is 0 Å². The highest BCUT2D eigenvalue weighted by molar-refractivity contribution is 6.00. The summed E-state index contributed by atoms with van der Waals surface area (Å²) in [5.74, 6) is -18.1. The van der Waals surface area contributed by atoms with E-state index in [0.717, 1.165) is 10.9 Å². The first-order chi connectivity index (χ1) is 51.2. The number of fused-ring (bicyclic) bond motifs is 1. The molecular weight excluding hydrogens is 1400 g/mol. The van der Waals surface area contributed by atoms with Crippen molar-refractivity contribution < 1.29 is 92.3 Å². The molecule has 12 amide bonds. The predicted molar refractivity (Wildman–Crippen MR) is 398 cm³/mol. The Kier molecular flexibility index (Phi) is 40.5. The van der Waals surface area contributed by atoms with Gasteiger partial charge < -0.3 is 106 Å². The van der Waals surface area contributed by atoms with Gasteiger partial charge in [0.05, 0.1) is 19.6 Å². The highest BCUT2D eigenvalue weighted by Gasteiger charge is 2.40. The molecule has 3 aromatic rings. The summed E-state index contributed by atoms with van der Waals surface area (Å²) in [6, 6.07) is -2.40. The number of aliphatic hydroxyl groups is 1. The lowest BCUT2D eigenvalue weighted by Gasteiger charge is -2.31. The van der Waals surface area contributed by atoms with Crippen molar-refractivity contribution in [2.24, 2.45) is 40.9 Å². The molecular formula is C73H114N16O19. The molecule has 0 radical (unpaired) electrons. The second-order valence-electron chi connectivity index (χ2n) is 27.6. The number of H-pyrrole nitrogens is 1. The number of aliphatic carboxylic acids is 3. The van der Waals surface area contributed by atoms with Crippen LogP contribution in [0.2, 0.25) is 0 Å². The van der Waals surface area contributed by atoms with Crippen LogP contribution in [0, 0.1) is 23.7 Å². The summed E-state index contributed by atoms with van der Waals surface area (Å²) in [5.41, 5.74) is 19.4. The molecule has 35 nitrogen and oxygen atoms in total. The van der Waals surface area contributed by atoms with E-state index in [4.69, 9.17) is 17.2 Å². The number of nitrogens with two attached hydrogens (primary N) is 3. The van der Waals surface area contributed by atoms with Crippen molar-refractivity contribution in [1.82, 2.24) is 68.8 Å². The summed E-state index contributed by atoms with van der Waals surface area (Å²) in [6.45, 7) is 13.4. The Morgan fingerprint density at radius 1 is 0.417 bits per heavy atom. The fraction of sp³-hybridized carbons (Fsp3) is 0.603. The highest BCUT2D eigenvalue weighted by Crippen LogP contribution is 2.21. The molecule has 15 atom stereocenters. The van der Waals surface area contributed by atoms with Gasteiger partial charge in [0.25, 0.3) is 0 Å². The molecule has 108 heavy (non-hydrogen) atoms. The summed E-state index contributed by atoms with van der Waals surface area (Å²) in [7, 11) is 0. The number of amides is 12. The van der Waals surface area contributed by atoms with Crippen LogP contribution in [-0.4, -0.2) is 213 Å². The van der Waals surface area contributed by atoms with Crippen molar-refractivity contribution in [3.8, 4) is 0 Å². The molecule has 0 fully saturated rings. The summed E-state index contributed by atoms with van der Waals surface area (Å²) in [5, 5.41) is 71.2. The molecule has 0 saturated heterocycles. The molecule has 23 N–H and O–H groups in total. The summed E-state index contributed by atoms with van der Waals surface area (Å²) < 4.78 is 0. The predicted octanol–water partition coefficient (Wildman–Crippen LogP) is -1.39. The maximum absolute atomic E-state index is 14.6. The zero-order chi connectivity index (χ0) is 80.9. The summed E-state index contributed by atoms with van der Waals surface area (Å²) in [6.07, 6.45) is 1.35. The number of unbranched alkanes of at least 4 members (excludes halogenated alkanes) is 2. The van der Waals surface area contributed by atoms with Crippen LogP contribution in [0.25, 0.3) is 10.9 Å². The van der Waals surface area contributed by atoms with E-state index in [1.807, 2.05) is 38.1 Å². The van der Waals surface area contributed by atoms with Gasteiger partial charge in [-0.3, -0.25) is 67.1 Å². The van der Waals surface area contributed by atoms with E-state index < -0.39 is 211 Å². The van der Waals surface area contributed by atoms with Crippen LogP contribution in [-0.2, 0) is 84.8 Å². The fourth-order valence-electron chi connectivity index (χ4n) is 11.5. The van der Waals surface area contributed by atoms with Crippen LogP contribution < -0.4 is 81.0 Å². The van der Waals surface area contributed by atoms with Crippen LogP contribution >= 0.6 is 0 Å². The van der Waals surface area contributed by atoms with Crippen LogP contribution in [0.3, 0.4) is 0 Å².